The summed E-state index contributed by atoms with van der Waals surface area (Å²) < 4.78 is 32.3. The number of anilines is 1. The maximum Gasteiger partial charge on any atom is 0.259 e. The number of amides is 1. The molecule has 0 bridgehead atoms. The van der Waals surface area contributed by atoms with Gasteiger partial charge < -0.3 is 10.1 Å². The van der Waals surface area contributed by atoms with Crippen LogP contribution in [0.25, 0.3) is 0 Å². The van der Waals surface area contributed by atoms with Crippen LogP contribution in [-0.2, 0) is 10.0 Å². The van der Waals surface area contributed by atoms with Crippen LogP contribution < -0.4 is 10.1 Å². The van der Waals surface area contributed by atoms with Crippen molar-refractivity contribution in [3.8, 4) is 5.75 Å². The Hall–Kier alpha value is -2.09. The Morgan fingerprint density at radius 2 is 1.78 bits per heavy atom. The third-order valence-electron chi connectivity index (χ3n) is 3.94. The normalized spacial score (nSPS) is 11.4. The number of hydrogen-bond acceptors (Lipinski definition) is 4. The minimum absolute atomic E-state index is 0.0382. The van der Waals surface area contributed by atoms with Gasteiger partial charge in [-0.1, -0.05) is 37.6 Å². The summed E-state index contributed by atoms with van der Waals surface area (Å²) in [6, 6.07) is 11.2. The zero-order valence-electron chi connectivity index (χ0n) is 15.5. The van der Waals surface area contributed by atoms with Crippen molar-refractivity contribution in [2.24, 2.45) is 0 Å². The van der Waals surface area contributed by atoms with E-state index in [9.17, 15) is 13.2 Å². The molecule has 6 nitrogen and oxygen atoms in total. The zero-order chi connectivity index (χ0) is 20.0. The van der Waals surface area contributed by atoms with E-state index in [4.69, 9.17) is 16.3 Å². The highest BCUT2D eigenvalue weighted by atomic mass is 35.5. The minimum atomic E-state index is -3.75. The zero-order valence-corrected chi connectivity index (χ0v) is 17.1. The maximum atomic E-state index is 12.8. The molecule has 0 saturated heterocycles. The van der Waals surface area contributed by atoms with Crippen LogP contribution in [0.5, 0.6) is 5.75 Å². The van der Waals surface area contributed by atoms with Crippen molar-refractivity contribution < 1.29 is 17.9 Å². The first-order valence-corrected chi connectivity index (χ1v) is 10.5. The quantitative estimate of drug-likeness (QED) is 0.713. The van der Waals surface area contributed by atoms with Crippen molar-refractivity contribution in [2.45, 2.75) is 25.7 Å². The Bertz CT molecular complexity index is 912. The van der Waals surface area contributed by atoms with Crippen molar-refractivity contribution in [3.05, 3.63) is 53.1 Å². The van der Waals surface area contributed by atoms with E-state index in [0.29, 0.717) is 36.7 Å². The maximum absolute atomic E-state index is 12.8. The van der Waals surface area contributed by atoms with Crippen LogP contribution in [0.2, 0.25) is 5.02 Å². The predicted octanol–water partition coefficient (Wildman–Crippen LogP) is 4.02. The Kier molecular flexibility index (Phi) is 7.24. The fraction of sp³-hybridized carbons (Fsp3) is 0.316. The van der Waals surface area contributed by atoms with Crippen LogP contribution in [0.4, 0.5) is 5.69 Å². The molecule has 2 aromatic rings. The number of rotatable bonds is 8. The van der Waals surface area contributed by atoms with E-state index in [1.165, 1.54) is 16.4 Å². The molecule has 0 radical (unpaired) electrons. The molecule has 0 aromatic heterocycles. The lowest BCUT2D eigenvalue weighted by molar-refractivity contribution is 0.102. The van der Waals surface area contributed by atoms with Crippen LogP contribution in [-0.4, -0.2) is 38.3 Å². The van der Waals surface area contributed by atoms with Crippen molar-refractivity contribution in [1.29, 1.82) is 0 Å². The number of benzene rings is 2. The Morgan fingerprint density at radius 1 is 1.11 bits per heavy atom. The van der Waals surface area contributed by atoms with E-state index in [2.05, 4.69) is 5.32 Å². The molecule has 0 aliphatic heterocycles. The average molecular weight is 411 g/mol. The predicted molar refractivity (Wildman–Crippen MR) is 107 cm³/mol. The molecule has 0 atom stereocenters. The van der Waals surface area contributed by atoms with E-state index < -0.39 is 15.9 Å². The van der Waals surface area contributed by atoms with Gasteiger partial charge in [0.25, 0.3) is 5.91 Å². The van der Waals surface area contributed by atoms with Gasteiger partial charge in [-0.25, -0.2) is 8.42 Å². The third-order valence-corrected chi connectivity index (χ3v) is 6.48. The second kappa shape index (κ2) is 9.21. The van der Waals surface area contributed by atoms with E-state index in [-0.39, 0.29) is 9.92 Å². The highest BCUT2D eigenvalue weighted by molar-refractivity contribution is 7.89. The first-order valence-electron chi connectivity index (χ1n) is 8.68. The molecule has 1 amide bonds. The molecule has 0 heterocycles. The topological polar surface area (TPSA) is 75.7 Å². The number of hydrogen-bond donors (Lipinski definition) is 1. The Balaban J connectivity index is 2.35. The molecule has 0 aliphatic carbocycles. The summed E-state index contributed by atoms with van der Waals surface area (Å²) in [5, 5.41) is 2.82. The van der Waals surface area contributed by atoms with E-state index in [0.717, 1.165) is 0 Å². The van der Waals surface area contributed by atoms with E-state index in [1.54, 1.807) is 44.2 Å². The largest absolute Gasteiger partial charge is 0.493 e. The van der Waals surface area contributed by atoms with Crippen molar-refractivity contribution >= 4 is 33.2 Å². The van der Waals surface area contributed by atoms with Gasteiger partial charge in [0.15, 0.2) is 0 Å². The van der Waals surface area contributed by atoms with Crippen LogP contribution in [0.15, 0.2) is 47.4 Å². The van der Waals surface area contributed by atoms with Gasteiger partial charge in [0.1, 0.15) is 10.6 Å². The molecule has 0 fully saturated rings. The van der Waals surface area contributed by atoms with Crippen LogP contribution in [0, 0.1) is 0 Å². The second-order valence-electron chi connectivity index (χ2n) is 5.62. The lowest BCUT2D eigenvalue weighted by Crippen LogP contribution is -2.30. The summed E-state index contributed by atoms with van der Waals surface area (Å²) in [5.74, 6) is 0.0648. The number of para-hydroxylation sites is 1. The van der Waals surface area contributed by atoms with Crippen LogP contribution >= 0.6 is 11.6 Å². The average Bonchev–Trinajstić information content (AvgIpc) is 2.64. The standard InChI is InChI=1S/C19H23ClN2O4S/c1-4-22(5-2)27(24,25)18-13-14(11-12-16(18)20)21-19(23)15-9-7-8-10-17(15)26-6-3/h7-13H,4-6H2,1-3H3,(H,21,23). The molecule has 1 N–H and O–H groups in total. The van der Waals surface area contributed by atoms with E-state index in [1.807, 2.05) is 6.92 Å². The fourth-order valence-electron chi connectivity index (χ4n) is 2.62. The molecule has 146 valence electrons. The number of ether oxygens (including phenoxy) is 1. The lowest BCUT2D eigenvalue weighted by Gasteiger charge is -2.20. The Labute approximate surface area is 165 Å². The number of carbonyl (C=O) groups excluding carboxylic acids is 1. The molecule has 27 heavy (non-hydrogen) atoms. The molecule has 0 spiro atoms. The molecule has 0 saturated carbocycles. The summed E-state index contributed by atoms with van der Waals surface area (Å²) in [6.07, 6.45) is 0. The fourth-order valence-corrected chi connectivity index (χ4v) is 4.57. The molecular weight excluding hydrogens is 388 g/mol. The summed E-state index contributed by atoms with van der Waals surface area (Å²) in [7, 11) is -3.75. The highest BCUT2D eigenvalue weighted by Crippen LogP contribution is 2.28. The summed E-state index contributed by atoms with van der Waals surface area (Å²) >= 11 is 6.12. The van der Waals surface area contributed by atoms with Gasteiger partial charge >= 0.3 is 0 Å². The number of halogens is 1. The highest BCUT2D eigenvalue weighted by Gasteiger charge is 2.25. The monoisotopic (exact) mass is 410 g/mol. The van der Waals surface area contributed by atoms with Gasteiger partial charge in [-0.3, -0.25) is 4.79 Å². The summed E-state index contributed by atoms with van der Waals surface area (Å²) in [4.78, 5) is 12.6. The van der Waals surface area contributed by atoms with Crippen LogP contribution in [0.3, 0.4) is 0 Å². The number of sulfonamides is 1. The summed E-state index contributed by atoms with van der Waals surface area (Å²) in [6.45, 7) is 6.42. The Morgan fingerprint density at radius 3 is 2.41 bits per heavy atom. The molecule has 8 heteroatoms. The van der Waals surface area contributed by atoms with Crippen LogP contribution in [0.1, 0.15) is 31.1 Å². The van der Waals surface area contributed by atoms with Crippen molar-refractivity contribution in [2.75, 3.05) is 25.0 Å². The summed E-state index contributed by atoms with van der Waals surface area (Å²) in [5.41, 5.74) is 0.698. The van der Waals surface area contributed by atoms with Gasteiger partial charge in [-0.2, -0.15) is 4.31 Å². The van der Waals surface area contributed by atoms with Gasteiger partial charge in [0.2, 0.25) is 10.0 Å². The molecular formula is C19H23ClN2O4S. The number of nitrogens with one attached hydrogen (secondary N) is 1. The second-order valence-corrected chi connectivity index (χ2v) is 7.93. The van der Waals surface area contributed by atoms with Gasteiger partial charge in [-0.05, 0) is 37.3 Å². The molecule has 2 rings (SSSR count). The smallest absolute Gasteiger partial charge is 0.259 e. The van der Waals surface area contributed by atoms with Gasteiger partial charge in [0, 0.05) is 18.8 Å². The van der Waals surface area contributed by atoms with Crippen molar-refractivity contribution in [3.63, 3.8) is 0 Å². The third kappa shape index (κ3) is 4.80. The first-order chi connectivity index (χ1) is 12.8. The van der Waals surface area contributed by atoms with Crippen molar-refractivity contribution in [1.82, 2.24) is 4.31 Å². The lowest BCUT2D eigenvalue weighted by atomic mass is 10.2. The van der Waals surface area contributed by atoms with E-state index >= 15 is 0 Å². The van der Waals surface area contributed by atoms with Gasteiger partial charge in [-0.15, -0.1) is 0 Å². The molecule has 0 unspecified atom stereocenters. The molecule has 0 aliphatic rings. The SMILES string of the molecule is CCOc1ccccc1C(=O)Nc1ccc(Cl)c(S(=O)(=O)N(CC)CC)c1. The first kappa shape index (κ1) is 21.2. The number of carbonyl (C=O) groups is 1. The number of nitrogens with zero attached hydrogens (tertiary/aromatic N) is 1. The van der Waals surface area contributed by atoms with Gasteiger partial charge in [0.05, 0.1) is 17.2 Å². The molecule has 2 aromatic carbocycles. The minimum Gasteiger partial charge on any atom is -0.493 e.